The van der Waals surface area contributed by atoms with Gasteiger partial charge in [-0.25, -0.2) is 4.98 Å². The maximum atomic E-state index is 13.5. The molecular weight excluding hydrogens is 424 g/mol. The van der Waals surface area contributed by atoms with Crippen LogP contribution in [0.15, 0.2) is 48.8 Å². The van der Waals surface area contributed by atoms with Gasteiger partial charge in [-0.05, 0) is 30.3 Å². The Kier molecular flexibility index (Phi) is 4.13. The molecule has 1 aromatic carbocycles. The Labute approximate surface area is 180 Å². The van der Waals surface area contributed by atoms with E-state index in [2.05, 4.69) is 4.98 Å². The summed E-state index contributed by atoms with van der Waals surface area (Å²) in [5, 5.41) is 9.52. The summed E-state index contributed by atoms with van der Waals surface area (Å²) in [7, 11) is 0. The van der Waals surface area contributed by atoms with Gasteiger partial charge in [-0.15, -0.1) is 0 Å². The van der Waals surface area contributed by atoms with E-state index in [4.69, 9.17) is 11.6 Å². The van der Waals surface area contributed by atoms with E-state index in [1.165, 1.54) is 18.2 Å². The number of amides is 3. The summed E-state index contributed by atoms with van der Waals surface area (Å²) in [5.74, 6) is -3.19. The van der Waals surface area contributed by atoms with Gasteiger partial charge < -0.3 is 9.51 Å². The molecule has 31 heavy (non-hydrogen) atoms. The van der Waals surface area contributed by atoms with Crippen LogP contribution in [0.3, 0.4) is 0 Å². The molecule has 3 aromatic rings. The molecule has 0 aliphatic carbocycles. The highest BCUT2D eigenvalue weighted by Gasteiger charge is 2.64. The zero-order valence-corrected chi connectivity index (χ0v) is 16.7. The number of anilines is 1. The number of imide groups is 1. The molecule has 4 heterocycles. The quantitative estimate of drug-likeness (QED) is 0.489. The summed E-state index contributed by atoms with van der Waals surface area (Å²) in [6.45, 7) is -0.716. The fourth-order valence-electron chi connectivity index (χ4n) is 4.34. The SMILES string of the molecule is O=C(O)CN1C(=O)C2(CC(=O)N(Cc3cn4ccccc4n3)C2=O)c2cc(Cl)ccc21. The summed E-state index contributed by atoms with van der Waals surface area (Å²) >= 11 is 6.11. The van der Waals surface area contributed by atoms with Crippen LogP contribution < -0.4 is 4.90 Å². The van der Waals surface area contributed by atoms with E-state index in [1.54, 1.807) is 22.9 Å². The Morgan fingerprint density at radius 1 is 1.13 bits per heavy atom. The minimum atomic E-state index is -1.81. The highest BCUT2D eigenvalue weighted by Crippen LogP contribution is 2.49. The van der Waals surface area contributed by atoms with Gasteiger partial charge in [-0.2, -0.15) is 0 Å². The maximum absolute atomic E-state index is 13.5. The molecule has 156 valence electrons. The molecule has 2 aliphatic heterocycles. The van der Waals surface area contributed by atoms with E-state index in [1.807, 2.05) is 12.1 Å². The molecular formula is C21H15ClN4O5. The lowest BCUT2D eigenvalue weighted by molar-refractivity contribution is -0.143. The second kappa shape index (κ2) is 6.64. The predicted octanol–water partition coefficient (Wildman–Crippen LogP) is 1.62. The van der Waals surface area contributed by atoms with Gasteiger partial charge in [0.25, 0.3) is 0 Å². The summed E-state index contributed by atoms with van der Waals surface area (Å²) in [4.78, 5) is 57.5. The second-order valence-corrected chi connectivity index (χ2v) is 7.95. The smallest absolute Gasteiger partial charge is 0.323 e. The summed E-state index contributed by atoms with van der Waals surface area (Å²) in [6.07, 6.45) is 3.11. The number of carboxylic acids is 1. The molecule has 1 fully saturated rings. The van der Waals surface area contributed by atoms with Gasteiger partial charge in [0.15, 0.2) is 5.41 Å². The van der Waals surface area contributed by atoms with Crippen molar-refractivity contribution in [3.05, 3.63) is 65.1 Å². The molecule has 0 saturated carbocycles. The van der Waals surface area contributed by atoms with Gasteiger partial charge in [0.2, 0.25) is 17.7 Å². The minimum absolute atomic E-state index is 0.0940. The van der Waals surface area contributed by atoms with Gasteiger partial charge in [-0.3, -0.25) is 29.0 Å². The molecule has 0 bridgehead atoms. The number of fused-ring (bicyclic) bond motifs is 3. The van der Waals surface area contributed by atoms with Crippen molar-refractivity contribution in [2.45, 2.75) is 18.4 Å². The number of aromatic nitrogens is 2. The molecule has 5 rings (SSSR count). The molecule has 9 nitrogen and oxygen atoms in total. The number of benzene rings is 1. The largest absolute Gasteiger partial charge is 0.480 e. The van der Waals surface area contributed by atoms with E-state index < -0.39 is 35.7 Å². The van der Waals surface area contributed by atoms with Crippen LogP contribution in [-0.2, 0) is 31.1 Å². The van der Waals surface area contributed by atoms with Crippen LogP contribution in [0.25, 0.3) is 5.65 Å². The van der Waals surface area contributed by atoms with Crippen molar-refractivity contribution >= 4 is 46.6 Å². The highest BCUT2D eigenvalue weighted by molar-refractivity contribution is 6.32. The highest BCUT2D eigenvalue weighted by atomic mass is 35.5. The molecule has 10 heteroatoms. The Hall–Kier alpha value is -3.72. The number of hydrogen-bond donors (Lipinski definition) is 1. The van der Waals surface area contributed by atoms with Crippen LogP contribution in [0.4, 0.5) is 5.69 Å². The van der Waals surface area contributed by atoms with Crippen LogP contribution in [0, 0.1) is 0 Å². The normalized spacial score (nSPS) is 20.4. The number of halogens is 1. The molecule has 1 N–H and O–H groups in total. The van der Waals surface area contributed by atoms with Crippen LogP contribution in [-0.4, -0.2) is 49.6 Å². The second-order valence-electron chi connectivity index (χ2n) is 7.51. The first-order chi connectivity index (χ1) is 14.8. The number of aliphatic carboxylic acids is 1. The van der Waals surface area contributed by atoms with Crippen molar-refractivity contribution in [1.82, 2.24) is 14.3 Å². The van der Waals surface area contributed by atoms with Crippen molar-refractivity contribution in [1.29, 1.82) is 0 Å². The van der Waals surface area contributed by atoms with Crippen molar-refractivity contribution in [2.75, 3.05) is 11.4 Å². The first-order valence-corrected chi connectivity index (χ1v) is 9.80. The summed E-state index contributed by atoms with van der Waals surface area (Å²) < 4.78 is 1.76. The lowest BCUT2D eigenvalue weighted by atomic mass is 9.80. The zero-order valence-electron chi connectivity index (χ0n) is 16.0. The number of carboxylic acid groups (broad SMARTS) is 1. The van der Waals surface area contributed by atoms with E-state index in [-0.39, 0.29) is 29.2 Å². The third-order valence-corrected chi connectivity index (χ3v) is 5.91. The number of pyridine rings is 1. The van der Waals surface area contributed by atoms with Gasteiger partial charge in [0, 0.05) is 28.7 Å². The minimum Gasteiger partial charge on any atom is -0.480 e. The predicted molar refractivity (Wildman–Crippen MR) is 108 cm³/mol. The molecule has 3 amide bonds. The van der Waals surface area contributed by atoms with Crippen molar-refractivity contribution < 1.29 is 24.3 Å². The third kappa shape index (κ3) is 2.73. The van der Waals surface area contributed by atoms with Crippen LogP contribution >= 0.6 is 11.6 Å². The van der Waals surface area contributed by atoms with E-state index in [0.717, 1.165) is 9.80 Å². The molecule has 1 saturated heterocycles. The van der Waals surface area contributed by atoms with Crippen LogP contribution in [0.1, 0.15) is 17.7 Å². The summed E-state index contributed by atoms with van der Waals surface area (Å²) in [5.41, 5.74) is -0.141. The van der Waals surface area contributed by atoms with E-state index in [0.29, 0.717) is 11.3 Å². The summed E-state index contributed by atoms with van der Waals surface area (Å²) in [6, 6.07) is 9.90. The topological polar surface area (TPSA) is 112 Å². The number of carbonyl (C=O) groups is 4. The molecule has 1 unspecified atom stereocenters. The lowest BCUT2D eigenvalue weighted by Crippen LogP contribution is -2.47. The van der Waals surface area contributed by atoms with Crippen molar-refractivity contribution in [2.24, 2.45) is 0 Å². The standard InChI is InChI=1S/C21H15ClN4O5/c22-12-4-5-15-14(7-12)21(19(30)25(15)11-18(28)29)8-17(27)26(20(21)31)10-13-9-24-6-2-1-3-16(24)23-13/h1-7,9H,8,10-11H2,(H,28,29). The van der Waals surface area contributed by atoms with Crippen LogP contribution in [0.2, 0.25) is 5.02 Å². The van der Waals surface area contributed by atoms with Crippen molar-refractivity contribution in [3.8, 4) is 0 Å². The molecule has 1 spiro atoms. The maximum Gasteiger partial charge on any atom is 0.323 e. The number of nitrogens with zero attached hydrogens (tertiary/aromatic N) is 4. The number of hydrogen-bond acceptors (Lipinski definition) is 5. The Bertz CT molecular complexity index is 1270. The lowest BCUT2D eigenvalue weighted by Gasteiger charge is -2.21. The van der Waals surface area contributed by atoms with E-state index >= 15 is 0 Å². The fourth-order valence-corrected chi connectivity index (χ4v) is 4.51. The average molecular weight is 439 g/mol. The zero-order chi connectivity index (χ0) is 21.9. The number of carbonyl (C=O) groups excluding carboxylic acids is 3. The fraction of sp³-hybridized carbons (Fsp3) is 0.190. The van der Waals surface area contributed by atoms with E-state index in [9.17, 15) is 24.3 Å². The Morgan fingerprint density at radius 3 is 2.65 bits per heavy atom. The van der Waals surface area contributed by atoms with Gasteiger partial charge in [0.1, 0.15) is 12.2 Å². The van der Waals surface area contributed by atoms with Crippen molar-refractivity contribution in [3.63, 3.8) is 0 Å². The van der Waals surface area contributed by atoms with Gasteiger partial charge in [-0.1, -0.05) is 17.7 Å². The number of rotatable bonds is 4. The first-order valence-electron chi connectivity index (χ1n) is 9.42. The molecule has 2 aromatic heterocycles. The number of imidazole rings is 1. The Morgan fingerprint density at radius 2 is 1.90 bits per heavy atom. The third-order valence-electron chi connectivity index (χ3n) is 5.67. The first kappa shape index (κ1) is 19.3. The Balaban J connectivity index is 1.56. The number of likely N-dealkylation sites (tertiary alicyclic amines) is 1. The van der Waals surface area contributed by atoms with Crippen LogP contribution in [0.5, 0.6) is 0 Å². The average Bonchev–Trinajstić information content (AvgIpc) is 3.32. The van der Waals surface area contributed by atoms with Gasteiger partial charge >= 0.3 is 5.97 Å². The molecule has 1 atom stereocenters. The van der Waals surface area contributed by atoms with Gasteiger partial charge in [0.05, 0.1) is 18.7 Å². The monoisotopic (exact) mass is 438 g/mol. The molecule has 2 aliphatic rings. The molecule has 0 radical (unpaired) electrons.